The highest BCUT2D eigenvalue weighted by Crippen LogP contribution is 2.38. The van der Waals surface area contributed by atoms with E-state index in [0.717, 1.165) is 0 Å². The first-order valence-corrected chi connectivity index (χ1v) is 5.54. The van der Waals surface area contributed by atoms with Crippen molar-refractivity contribution in [2.75, 3.05) is 4.90 Å². The number of alkyl halides is 3. The molecule has 4 nitrogen and oxygen atoms in total. The molecule has 1 atom stereocenters. The summed E-state index contributed by atoms with van der Waals surface area (Å²) in [5, 5.41) is 1.66. The molecule has 0 aromatic heterocycles. The fourth-order valence-corrected chi connectivity index (χ4v) is 1.90. The number of urea groups is 1. The molecule has 1 heterocycles. The summed E-state index contributed by atoms with van der Waals surface area (Å²) in [4.78, 5) is 23.9. The molecular weight excluding hydrogens is 285 g/mol. The molecule has 0 radical (unpaired) electrons. The number of nitrogens with one attached hydrogen (secondary N) is 1. The van der Waals surface area contributed by atoms with Gasteiger partial charge in [-0.1, -0.05) is 23.7 Å². The number of imide groups is 1. The Bertz CT molecular complexity index is 561. The summed E-state index contributed by atoms with van der Waals surface area (Å²) in [6, 6.07) is 4.51. The third kappa shape index (κ3) is 1.94. The second kappa shape index (κ2) is 4.12. The third-order valence-electron chi connectivity index (χ3n) is 2.85. The Labute approximate surface area is 111 Å². The lowest BCUT2D eigenvalue weighted by Gasteiger charge is -2.24. The molecule has 102 valence electrons. The molecule has 1 fully saturated rings. The Morgan fingerprint density at radius 1 is 1.26 bits per heavy atom. The molecule has 0 saturated carbocycles. The molecule has 1 aromatic rings. The van der Waals surface area contributed by atoms with Crippen LogP contribution in [-0.2, 0) is 4.79 Å². The number of rotatable bonds is 1. The van der Waals surface area contributed by atoms with E-state index in [1.54, 1.807) is 5.32 Å². The summed E-state index contributed by atoms with van der Waals surface area (Å²) < 4.78 is 38.6. The molecule has 1 saturated heterocycles. The quantitative estimate of drug-likeness (QED) is 0.809. The number of anilines is 1. The van der Waals surface area contributed by atoms with Crippen LogP contribution in [0.2, 0.25) is 5.02 Å². The Morgan fingerprint density at radius 2 is 1.84 bits per heavy atom. The molecule has 0 bridgehead atoms. The first kappa shape index (κ1) is 13.7. The minimum Gasteiger partial charge on any atom is -0.315 e. The minimum atomic E-state index is -4.89. The number of nitrogens with zero attached hydrogens (tertiary/aromatic N) is 1. The zero-order chi connectivity index (χ0) is 14.4. The van der Waals surface area contributed by atoms with Crippen molar-refractivity contribution in [2.24, 2.45) is 0 Å². The number of carbonyl (C=O) groups excluding carboxylic acids is 2. The van der Waals surface area contributed by atoms with Crippen molar-refractivity contribution in [1.29, 1.82) is 0 Å². The SMILES string of the molecule is CC1(C(F)(F)F)NC(=O)N(c2ccccc2Cl)C1=O. The first-order valence-electron chi connectivity index (χ1n) is 5.16. The van der Waals surface area contributed by atoms with Crippen LogP contribution in [0.3, 0.4) is 0 Å². The number of hydrogen-bond acceptors (Lipinski definition) is 2. The Balaban J connectivity index is 2.49. The van der Waals surface area contributed by atoms with E-state index in [1.165, 1.54) is 24.3 Å². The zero-order valence-corrected chi connectivity index (χ0v) is 10.3. The average Bonchev–Trinajstić information content (AvgIpc) is 2.52. The second-order valence-electron chi connectivity index (χ2n) is 4.14. The van der Waals surface area contributed by atoms with Gasteiger partial charge >= 0.3 is 12.2 Å². The van der Waals surface area contributed by atoms with Gasteiger partial charge in [-0.15, -0.1) is 0 Å². The highest BCUT2D eigenvalue weighted by molar-refractivity contribution is 6.36. The van der Waals surface area contributed by atoms with Crippen LogP contribution in [-0.4, -0.2) is 23.7 Å². The summed E-state index contributed by atoms with van der Waals surface area (Å²) in [5.74, 6) is -1.40. The summed E-state index contributed by atoms with van der Waals surface area (Å²) in [6.07, 6.45) is -4.89. The summed E-state index contributed by atoms with van der Waals surface area (Å²) in [5.41, 5.74) is -3.02. The molecule has 1 N–H and O–H groups in total. The molecule has 8 heteroatoms. The molecule has 0 spiro atoms. The van der Waals surface area contributed by atoms with Crippen molar-refractivity contribution in [2.45, 2.75) is 18.6 Å². The van der Waals surface area contributed by atoms with Gasteiger partial charge < -0.3 is 5.32 Å². The summed E-state index contributed by atoms with van der Waals surface area (Å²) >= 11 is 5.79. The van der Waals surface area contributed by atoms with Gasteiger partial charge in [0, 0.05) is 0 Å². The van der Waals surface area contributed by atoms with Crippen molar-refractivity contribution >= 4 is 29.2 Å². The van der Waals surface area contributed by atoms with Crippen LogP contribution < -0.4 is 10.2 Å². The van der Waals surface area contributed by atoms with Gasteiger partial charge in [-0.3, -0.25) is 4.79 Å². The lowest BCUT2D eigenvalue weighted by atomic mass is 10.0. The molecule has 1 aliphatic rings. The highest BCUT2D eigenvalue weighted by atomic mass is 35.5. The molecule has 1 unspecified atom stereocenters. The Kier molecular flexibility index (Phi) is 2.97. The maximum absolute atomic E-state index is 12.9. The van der Waals surface area contributed by atoms with Gasteiger partial charge in [0.25, 0.3) is 5.91 Å². The molecule has 2 rings (SSSR count). The standard InChI is InChI=1S/C11H8ClF3N2O2/c1-10(11(13,14)15)8(18)17(9(19)16-10)7-5-3-2-4-6(7)12/h2-5H,1H3,(H,16,19). The maximum Gasteiger partial charge on any atom is 0.420 e. The van der Waals surface area contributed by atoms with E-state index in [-0.39, 0.29) is 10.7 Å². The maximum atomic E-state index is 12.9. The second-order valence-corrected chi connectivity index (χ2v) is 4.55. The minimum absolute atomic E-state index is 0.0115. The molecular formula is C11H8ClF3N2O2. The molecule has 1 aromatic carbocycles. The first-order chi connectivity index (χ1) is 8.68. The molecule has 1 aliphatic heterocycles. The number of hydrogen-bond donors (Lipinski definition) is 1. The van der Waals surface area contributed by atoms with E-state index in [1.807, 2.05) is 0 Å². The topological polar surface area (TPSA) is 49.4 Å². The van der Waals surface area contributed by atoms with Crippen LogP contribution in [0.5, 0.6) is 0 Å². The van der Waals surface area contributed by atoms with E-state index in [9.17, 15) is 22.8 Å². The van der Waals surface area contributed by atoms with Crippen molar-refractivity contribution < 1.29 is 22.8 Å². The van der Waals surface area contributed by atoms with Crippen molar-refractivity contribution in [3.05, 3.63) is 29.3 Å². The lowest BCUT2D eigenvalue weighted by molar-refractivity contribution is -0.187. The highest BCUT2D eigenvalue weighted by Gasteiger charge is 2.64. The van der Waals surface area contributed by atoms with E-state index < -0.39 is 23.7 Å². The van der Waals surface area contributed by atoms with Gasteiger partial charge in [0.05, 0.1) is 10.7 Å². The number of halogens is 4. The number of benzene rings is 1. The smallest absolute Gasteiger partial charge is 0.315 e. The normalized spacial score (nSPS) is 23.7. The molecule has 19 heavy (non-hydrogen) atoms. The van der Waals surface area contributed by atoms with Gasteiger partial charge in [0.1, 0.15) is 0 Å². The van der Waals surface area contributed by atoms with Crippen LogP contribution >= 0.6 is 11.6 Å². The van der Waals surface area contributed by atoms with Crippen LogP contribution in [0.1, 0.15) is 6.92 Å². The number of para-hydroxylation sites is 1. The van der Waals surface area contributed by atoms with Crippen molar-refractivity contribution in [3.63, 3.8) is 0 Å². The average molecular weight is 293 g/mol. The van der Waals surface area contributed by atoms with Gasteiger partial charge in [-0.05, 0) is 19.1 Å². The van der Waals surface area contributed by atoms with Crippen LogP contribution in [0.25, 0.3) is 0 Å². The van der Waals surface area contributed by atoms with Gasteiger partial charge in [-0.2, -0.15) is 13.2 Å². The third-order valence-corrected chi connectivity index (χ3v) is 3.17. The molecule has 0 aliphatic carbocycles. The van der Waals surface area contributed by atoms with Crippen LogP contribution in [0, 0.1) is 0 Å². The summed E-state index contributed by atoms with van der Waals surface area (Å²) in [7, 11) is 0. The van der Waals surface area contributed by atoms with Crippen molar-refractivity contribution in [1.82, 2.24) is 5.32 Å². The number of carbonyl (C=O) groups is 2. The monoisotopic (exact) mass is 292 g/mol. The lowest BCUT2D eigenvalue weighted by Crippen LogP contribution is -2.56. The van der Waals surface area contributed by atoms with Crippen LogP contribution in [0.15, 0.2) is 24.3 Å². The van der Waals surface area contributed by atoms with Crippen molar-refractivity contribution in [3.8, 4) is 0 Å². The Morgan fingerprint density at radius 3 is 2.32 bits per heavy atom. The fourth-order valence-electron chi connectivity index (χ4n) is 1.68. The fraction of sp³-hybridized carbons (Fsp3) is 0.273. The van der Waals surface area contributed by atoms with Gasteiger partial charge in [-0.25, -0.2) is 9.69 Å². The van der Waals surface area contributed by atoms with E-state index in [4.69, 9.17) is 11.6 Å². The predicted octanol–water partition coefficient (Wildman–Crippen LogP) is 2.72. The van der Waals surface area contributed by atoms with Gasteiger partial charge in [0.2, 0.25) is 5.54 Å². The Hall–Kier alpha value is -1.76. The summed E-state index contributed by atoms with van der Waals surface area (Å²) in [6.45, 7) is 0.615. The van der Waals surface area contributed by atoms with E-state index >= 15 is 0 Å². The zero-order valence-electron chi connectivity index (χ0n) is 9.58. The predicted molar refractivity (Wildman–Crippen MR) is 61.9 cm³/mol. The molecule has 3 amide bonds. The largest absolute Gasteiger partial charge is 0.420 e. The number of amides is 3. The van der Waals surface area contributed by atoms with E-state index in [2.05, 4.69) is 0 Å². The van der Waals surface area contributed by atoms with Crippen LogP contribution in [0.4, 0.5) is 23.7 Å². The van der Waals surface area contributed by atoms with Gasteiger partial charge in [0.15, 0.2) is 0 Å². The van der Waals surface area contributed by atoms with E-state index in [0.29, 0.717) is 11.8 Å².